The molecule has 0 saturated heterocycles. The minimum Gasteiger partial charge on any atom is -0.383 e. The van der Waals surface area contributed by atoms with E-state index in [4.69, 9.17) is 4.74 Å². The highest BCUT2D eigenvalue weighted by atomic mass is 16.5. The summed E-state index contributed by atoms with van der Waals surface area (Å²) in [5.74, 6) is -0.800. The molecule has 0 spiro atoms. The summed E-state index contributed by atoms with van der Waals surface area (Å²) in [5.41, 5.74) is 4.48. The van der Waals surface area contributed by atoms with E-state index in [9.17, 15) is 14.4 Å². The second-order valence-electron chi connectivity index (χ2n) is 9.64. The smallest absolute Gasteiger partial charge is 0.255 e. The van der Waals surface area contributed by atoms with Crippen LogP contribution in [0.3, 0.4) is 0 Å². The van der Waals surface area contributed by atoms with E-state index in [0.29, 0.717) is 25.1 Å². The van der Waals surface area contributed by atoms with E-state index in [1.54, 1.807) is 12.0 Å². The molecule has 0 fully saturated rings. The third-order valence-corrected chi connectivity index (χ3v) is 7.55. The van der Waals surface area contributed by atoms with E-state index >= 15 is 0 Å². The molecule has 0 radical (unpaired) electrons. The number of nitrogens with zero attached hydrogens (tertiary/aromatic N) is 1. The Balaban J connectivity index is 1.52. The molecule has 2 aromatic carbocycles. The molecule has 3 heterocycles. The normalized spacial score (nSPS) is 19.9. The van der Waals surface area contributed by atoms with Gasteiger partial charge in [-0.1, -0.05) is 56.7 Å². The van der Waals surface area contributed by atoms with Gasteiger partial charge in [-0.3, -0.25) is 14.4 Å². The van der Waals surface area contributed by atoms with Gasteiger partial charge in [-0.05, 0) is 29.2 Å². The van der Waals surface area contributed by atoms with Gasteiger partial charge in [0, 0.05) is 42.2 Å². The number of nitrogens with one attached hydrogen (secondary N) is 3. The Kier molecular flexibility index (Phi) is 6.53. The van der Waals surface area contributed by atoms with Crippen LogP contribution in [0.2, 0.25) is 0 Å². The summed E-state index contributed by atoms with van der Waals surface area (Å²) in [5, 5.41) is 6.90. The van der Waals surface area contributed by atoms with Crippen molar-refractivity contribution in [1.82, 2.24) is 20.5 Å². The van der Waals surface area contributed by atoms with E-state index < -0.39 is 12.1 Å². The zero-order chi connectivity index (χ0) is 25.4. The van der Waals surface area contributed by atoms with Crippen molar-refractivity contribution < 1.29 is 19.1 Å². The second kappa shape index (κ2) is 9.78. The number of aromatic nitrogens is 1. The number of carbonyl (C=O) groups is 3. The van der Waals surface area contributed by atoms with Crippen LogP contribution in [0.1, 0.15) is 53.5 Å². The molecule has 0 saturated carbocycles. The molecule has 3 amide bonds. The van der Waals surface area contributed by atoms with Gasteiger partial charge in [-0.2, -0.15) is 0 Å². The number of H-pyrrole nitrogens is 1. The molecular formula is C28H32N4O4. The maximum atomic E-state index is 13.9. The first kappa shape index (κ1) is 24.1. The lowest BCUT2D eigenvalue weighted by atomic mass is 9.89. The van der Waals surface area contributed by atoms with Crippen LogP contribution < -0.4 is 10.6 Å². The number of hydrogen-bond acceptors (Lipinski definition) is 4. The average Bonchev–Trinajstić information content (AvgIpc) is 3.42. The van der Waals surface area contributed by atoms with Gasteiger partial charge in [-0.25, -0.2) is 0 Å². The molecule has 4 atom stereocenters. The number of hydrogen-bond donors (Lipinski definition) is 3. The van der Waals surface area contributed by atoms with Crippen molar-refractivity contribution >= 4 is 28.6 Å². The van der Waals surface area contributed by atoms with E-state index in [0.717, 1.165) is 34.1 Å². The lowest BCUT2D eigenvalue weighted by molar-refractivity contribution is -0.133. The van der Waals surface area contributed by atoms with Crippen LogP contribution in [0.25, 0.3) is 10.9 Å². The third kappa shape index (κ3) is 3.95. The Morgan fingerprint density at radius 3 is 2.69 bits per heavy atom. The van der Waals surface area contributed by atoms with E-state index in [1.165, 1.54) is 0 Å². The third-order valence-electron chi connectivity index (χ3n) is 7.55. The van der Waals surface area contributed by atoms with Gasteiger partial charge in [0.1, 0.15) is 12.1 Å². The summed E-state index contributed by atoms with van der Waals surface area (Å²) >= 11 is 0. The van der Waals surface area contributed by atoms with Gasteiger partial charge < -0.3 is 25.3 Å². The molecule has 0 unspecified atom stereocenters. The molecule has 36 heavy (non-hydrogen) atoms. The van der Waals surface area contributed by atoms with Crippen molar-refractivity contribution in [2.75, 3.05) is 20.3 Å². The van der Waals surface area contributed by atoms with Crippen molar-refractivity contribution in [1.29, 1.82) is 0 Å². The topological polar surface area (TPSA) is 104 Å². The van der Waals surface area contributed by atoms with E-state index in [1.807, 2.05) is 62.4 Å². The number of rotatable bonds is 8. The Bertz CT molecular complexity index is 1320. The minimum absolute atomic E-state index is 0.0778. The molecule has 0 aliphatic carbocycles. The SMILES string of the molecule is CC[C@@H](C)[C@H](NC(=O)[C@@H]1Cc2c([nH]c3ccccc23)[C@H]2c3ccccc3C(=O)N21)C(=O)NCCOC. The number of methoxy groups -OCH3 is 1. The summed E-state index contributed by atoms with van der Waals surface area (Å²) in [6, 6.07) is 13.7. The highest BCUT2D eigenvalue weighted by Crippen LogP contribution is 2.46. The Morgan fingerprint density at radius 2 is 1.92 bits per heavy atom. The van der Waals surface area contributed by atoms with Gasteiger partial charge in [0.25, 0.3) is 5.91 Å². The van der Waals surface area contributed by atoms with Crippen LogP contribution in [0, 0.1) is 5.92 Å². The predicted octanol–water partition coefficient (Wildman–Crippen LogP) is 2.93. The van der Waals surface area contributed by atoms with Crippen molar-refractivity contribution in [2.45, 2.75) is 44.8 Å². The molecule has 5 rings (SSSR count). The molecule has 2 aliphatic heterocycles. The van der Waals surface area contributed by atoms with Crippen molar-refractivity contribution in [3.63, 3.8) is 0 Å². The monoisotopic (exact) mass is 488 g/mol. The Morgan fingerprint density at radius 1 is 1.17 bits per heavy atom. The van der Waals surface area contributed by atoms with Gasteiger partial charge in [-0.15, -0.1) is 0 Å². The maximum absolute atomic E-state index is 13.9. The number of amides is 3. The largest absolute Gasteiger partial charge is 0.383 e. The number of benzene rings is 2. The number of aromatic amines is 1. The highest BCUT2D eigenvalue weighted by molar-refractivity contribution is 6.04. The first-order valence-electron chi connectivity index (χ1n) is 12.5. The molecule has 8 nitrogen and oxygen atoms in total. The van der Waals surface area contributed by atoms with Crippen LogP contribution >= 0.6 is 0 Å². The fraction of sp³-hybridized carbons (Fsp3) is 0.393. The Labute approximate surface area is 210 Å². The molecule has 3 aromatic rings. The zero-order valence-electron chi connectivity index (χ0n) is 20.8. The van der Waals surface area contributed by atoms with Crippen LogP contribution in [-0.2, 0) is 20.7 Å². The molecule has 188 valence electrons. The first-order valence-corrected chi connectivity index (χ1v) is 12.5. The first-order chi connectivity index (χ1) is 17.5. The van der Waals surface area contributed by atoms with Crippen LogP contribution in [0.5, 0.6) is 0 Å². The lowest BCUT2D eigenvalue weighted by Gasteiger charge is -2.38. The predicted molar refractivity (Wildman–Crippen MR) is 137 cm³/mol. The molecule has 0 bridgehead atoms. The van der Waals surface area contributed by atoms with Gasteiger partial charge in [0.2, 0.25) is 11.8 Å². The van der Waals surface area contributed by atoms with Gasteiger partial charge in [0.05, 0.1) is 12.6 Å². The molecular weight excluding hydrogens is 456 g/mol. The van der Waals surface area contributed by atoms with Gasteiger partial charge >= 0.3 is 0 Å². The fourth-order valence-corrected chi connectivity index (χ4v) is 5.48. The summed E-state index contributed by atoms with van der Waals surface area (Å²) in [7, 11) is 1.57. The van der Waals surface area contributed by atoms with Crippen molar-refractivity contribution in [2.24, 2.45) is 5.92 Å². The number of para-hydroxylation sites is 1. The minimum atomic E-state index is -0.736. The summed E-state index contributed by atoms with van der Waals surface area (Å²) < 4.78 is 5.04. The van der Waals surface area contributed by atoms with Crippen LogP contribution in [0.15, 0.2) is 48.5 Å². The second-order valence-corrected chi connectivity index (χ2v) is 9.64. The molecule has 2 aliphatic rings. The number of carbonyl (C=O) groups excluding carboxylic acids is 3. The van der Waals surface area contributed by atoms with Crippen molar-refractivity contribution in [3.8, 4) is 0 Å². The average molecular weight is 489 g/mol. The van der Waals surface area contributed by atoms with E-state index in [2.05, 4.69) is 15.6 Å². The molecule has 8 heteroatoms. The number of fused-ring (bicyclic) bond motifs is 7. The summed E-state index contributed by atoms with van der Waals surface area (Å²) in [4.78, 5) is 45.6. The standard InChI is InChI=1S/C28H32N4O4/c1-4-16(2)23(27(34)29-13-14-36-3)31-26(33)22-15-20-17-9-7-8-12-21(17)30-24(20)25-18-10-5-6-11-19(18)28(35)32(22)25/h5-12,16,22-23,25,30H,4,13-15H2,1-3H3,(H,29,34)(H,31,33)/t16-,22+,23+,25-/m1/s1. The maximum Gasteiger partial charge on any atom is 0.255 e. The zero-order valence-corrected chi connectivity index (χ0v) is 20.8. The quantitative estimate of drug-likeness (QED) is 0.424. The number of ether oxygens (including phenoxy) is 1. The van der Waals surface area contributed by atoms with Crippen LogP contribution in [0.4, 0.5) is 0 Å². The van der Waals surface area contributed by atoms with E-state index in [-0.39, 0.29) is 29.7 Å². The highest BCUT2D eigenvalue weighted by Gasteiger charge is 2.49. The molecule has 3 N–H and O–H groups in total. The lowest BCUT2D eigenvalue weighted by Crippen LogP contribution is -2.58. The summed E-state index contributed by atoms with van der Waals surface area (Å²) in [6.07, 6.45) is 1.09. The molecule has 1 aromatic heterocycles. The summed E-state index contributed by atoms with van der Waals surface area (Å²) in [6.45, 7) is 4.68. The van der Waals surface area contributed by atoms with Crippen molar-refractivity contribution in [3.05, 3.63) is 70.9 Å². The van der Waals surface area contributed by atoms with Gasteiger partial charge in [0.15, 0.2) is 0 Å². The fourth-order valence-electron chi connectivity index (χ4n) is 5.48. The van der Waals surface area contributed by atoms with Crippen LogP contribution in [-0.4, -0.2) is 60.0 Å². The Hall–Kier alpha value is -3.65.